The number of nitrogens with zero attached hydrogens (tertiary/aromatic N) is 1. The van der Waals surface area contributed by atoms with Crippen molar-refractivity contribution in [2.24, 2.45) is 10.8 Å². The van der Waals surface area contributed by atoms with Crippen LogP contribution in [0.25, 0.3) is 0 Å². The summed E-state index contributed by atoms with van der Waals surface area (Å²) in [7, 11) is 1.23. The molecule has 0 saturated carbocycles. The van der Waals surface area contributed by atoms with Crippen LogP contribution in [0.4, 0.5) is 0 Å². The van der Waals surface area contributed by atoms with Crippen molar-refractivity contribution < 1.29 is 14.6 Å². The second kappa shape index (κ2) is 5.80. The van der Waals surface area contributed by atoms with Gasteiger partial charge in [-0.15, -0.1) is 0 Å². The molecule has 0 heterocycles. The van der Waals surface area contributed by atoms with Gasteiger partial charge in [-0.05, 0) is 24.4 Å². The zero-order chi connectivity index (χ0) is 12.8. The van der Waals surface area contributed by atoms with Crippen molar-refractivity contribution in [1.82, 2.24) is 5.43 Å². The highest BCUT2D eigenvalue weighted by Gasteiger charge is 2.13. The summed E-state index contributed by atoms with van der Waals surface area (Å²) in [4.78, 5) is 11.3. The van der Waals surface area contributed by atoms with Crippen LogP contribution in [0.1, 0.15) is 15.9 Å². The van der Waals surface area contributed by atoms with Crippen LogP contribution in [-0.2, 0) is 4.74 Å². The van der Waals surface area contributed by atoms with Gasteiger partial charge in [0.2, 0.25) is 0 Å². The lowest BCUT2D eigenvalue weighted by Gasteiger charge is -2.04. The van der Waals surface area contributed by atoms with Crippen molar-refractivity contribution >= 4 is 29.5 Å². The molecule has 0 aliphatic heterocycles. The molecule has 0 radical (unpaired) electrons. The second-order valence-corrected chi connectivity index (χ2v) is 3.41. The second-order valence-electron chi connectivity index (χ2n) is 2.97. The van der Waals surface area contributed by atoms with E-state index in [1.54, 1.807) is 12.1 Å². The Kier molecular flexibility index (Phi) is 4.41. The third kappa shape index (κ3) is 3.42. The molecule has 17 heavy (non-hydrogen) atoms. The highest BCUT2D eigenvalue weighted by Crippen LogP contribution is 2.21. The molecule has 4 N–H and O–H groups in total. The number of nitrogens with two attached hydrogens (primary N) is 1. The third-order valence-corrected chi connectivity index (χ3v) is 1.94. The highest BCUT2D eigenvalue weighted by atomic mass is 32.1. The molecule has 1 aromatic carbocycles. The number of aromatic hydroxyl groups is 1. The molecule has 0 bridgehead atoms. The molecule has 0 aliphatic carbocycles. The number of hydrogen-bond donors (Lipinski definition) is 3. The number of hydrazone groups is 1. The Labute approximate surface area is 103 Å². The first-order chi connectivity index (χ1) is 8.06. The van der Waals surface area contributed by atoms with E-state index in [1.165, 1.54) is 19.4 Å². The Morgan fingerprint density at radius 1 is 1.65 bits per heavy atom. The SMILES string of the molecule is COC(=O)c1cccc(/C=N\NC(N)=S)c1O. The number of benzene rings is 1. The van der Waals surface area contributed by atoms with Crippen molar-refractivity contribution in [3.8, 4) is 5.75 Å². The number of carbonyl (C=O) groups excluding carboxylic acids is 1. The molecular formula is C10H11N3O3S. The number of ether oxygens (including phenoxy) is 1. The van der Waals surface area contributed by atoms with Crippen molar-refractivity contribution in [3.63, 3.8) is 0 Å². The van der Waals surface area contributed by atoms with Gasteiger partial charge in [-0.25, -0.2) is 4.79 Å². The van der Waals surface area contributed by atoms with E-state index < -0.39 is 5.97 Å². The lowest BCUT2D eigenvalue weighted by molar-refractivity contribution is 0.0597. The van der Waals surface area contributed by atoms with Crippen LogP contribution in [0.2, 0.25) is 0 Å². The molecule has 0 saturated heterocycles. The normalized spacial score (nSPS) is 10.2. The fraction of sp³-hybridized carbons (Fsp3) is 0.100. The van der Waals surface area contributed by atoms with Crippen molar-refractivity contribution in [2.75, 3.05) is 7.11 Å². The van der Waals surface area contributed by atoms with E-state index in [2.05, 4.69) is 27.5 Å². The number of hydrogen-bond acceptors (Lipinski definition) is 5. The highest BCUT2D eigenvalue weighted by molar-refractivity contribution is 7.80. The number of phenolic OH excluding ortho intramolecular Hbond substituents is 1. The van der Waals surface area contributed by atoms with Crippen molar-refractivity contribution in [1.29, 1.82) is 0 Å². The molecule has 0 unspecified atom stereocenters. The van der Waals surface area contributed by atoms with Crippen LogP contribution in [0.5, 0.6) is 5.75 Å². The van der Waals surface area contributed by atoms with Crippen molar-refractivity contribution in [2.45, 2.75) is 0 Å². The number of rotatable bonds is 3. The van der Waals surface area contributed by atoms with E-state index in [-0.39, 0.29) is 16.4 Å². The minimum atomic E-state index is -0.625. The van der Waals surface area contributed by atoms with Gasteiger partial charge >= 0.3 is 5.97 Å². The van der Waals surface area contributed by atoms with Gasteiger partial charge in [-0.2, -0.15) is 5.10 Å². The van der Waals surface area contributed by atoms with E-state index in [0.29, 0.717) is 5.56 Å². The maximum absolute atomic E-state index is 11.3. The number of nitrogens with one attached hydrogen (secondary N) is 1. The quantitative estimate of drug-likeness (QED) is 0.311. The van der Waals surface area contributed by atoms with Crippen LogP contribution >= 0.6 is 12.2 Å². The first-order valence-corrected chi connectivity index (χ1v) is 4.96. The molecule has 0 atom stereocenters. The van der Waals surface area contributed by atoms with Crippen LogP contribution in [0, 0.1) is 0 Å². The molecule has 0 aliphatic rings. The fourth-order valence-electron chi connectivity index (χ4n) is 1.11. The molecule has 0 spiro atoms. The first kappa shape index (κ1) is 12.9. The average molecular weight is 253 g/mol. The van der Waals surface area contributed by atoms with Gasteiger partial charge in [0.25, 0.3) is 0 Å². The maximum Gasteiger partial charge on any atom is 0.341 e. The summed E-state index contributed by atoms with van der Waals surface area (Å²) in [5.41, 5.74) is 7.91. The Balaban J connectivity index is 2.98. The number of phenols is 1. The molecule has 1 aromatic rings. The van der Waals surface area contributed by atoms with E-state index in [0.717, 1.165) is 0 Å². The summed E-state index contributed by atoms with van der Waals surface area (Å²) in [5.74, 6) is -0.840. The molecule has 0 amide bonds. The Morgan fingerprint density at radius 3 is 2.94 bits per heavy atom. The largest absolute Gasteiger partial charge is 0.506 e. The number of para-hydroxylation sites is 1. The van der Waals surface area contributed by atoms with E-state index in [4.69, 9.17) is 5.73 Å². The summed E-state index contributed by atoms with van der Waals surface area (Å²) >= 11 is 4.55. The molecule has 0 fully saturated rings. The van der Waals surface area contributed by atoms with Crippen LogP contribution in [0.3, 0.4) is 0 Å². The van der Waals surface area contributed by atoms with Gasteiger partial charge in [-0.3, -0.25) is 5.43 Å². The molecule has 0 aromatic heterocycles. The lowest BCUT2D eigenvalue weighted by Crippen LogP contribution is -2.24. The van der Waals surface area contributed by atoms with Gasteiger partial charge < -0.3 is 15.6 Å². The van der Waals surface area contributed by atoms with Crippen LogP contribution < -0.4 is 11.2 Å². The summed E-state index contributed by atoms with van der Waals surface area (Å²) in [5, 5.41) is 13.5. The summed E-state index contributed by atoms with van der Waals surface area (Å²) in [6.45, 7) is 0. The van der Waals surface area contributed by atoms with Gasteiger partial charge in [0.1, 0.15) is 11.3 Å². The van der Waals surface area contributed by atoms with Crippen molar-refractivity contribution in [3.05, 3.63) is 29.3 Å². The van der Waals surface area contributed by atoms with Gasteiger partial charge in [-0.1, -0.05) is 6.07 Å². The molecular weight excluding hydrogens is 242 g/mol. The van der Waals surface area contributed by atoms with Gasteiger partial charge in [0, 0.05) is 5.56 Å². The Hall–Kier alpha value is -2.15. The molecule has 1 rings (SSSR count). The molecule has 7 heteroatoms. The summed E-state index contributed by atoms with van der Waals surface area (Å²) in [6.07, 6.45) is 1.29. The predicted octanol–water partition coefficient (Wildman–Crippen LogP) is 0.346. The number of carbonyl (C=O) groups is 1. The lowest BCUT2D eigenvalue weighted by atomic mass is 10.1. The Morgan fingerprint density at radius 2 is 2.35 bits per heavy atom. The minimum Gasteiger partial charge on any atom is -0.506 e. The van der Waals surface area contributed by atoms with E-state index >= 15 is 0 Å². The third-order valence-electron chi connectivity index (χ3n) is 1.85. The number of esters is 1. The maximum atomic E-state index is 11.3. The molecule has 90 valence electrons. The zero-order valence-electron chi connectivity index (χ0n) is 9.01. The molecule has 6 nitrogen and oxygen atoms in total. The Bertz CT molecular complexity index is 474. The van der Waals surface area contributed by atoms with Crippen LogP contribution in [0.15, 0.2) is 23.3 Å². The fourth-order valence-corrected chi connectivity index (χ4v) is 1.16. The first-order valence-electron chi connectivity index (χ1n) is 4.55. The zero-order valence-corrected chi connectivity index (χ0v) is 9.82. The topological polar surface area (TPSA) is 96.9 Å². The minimum absolute atomic E-state index is 0.00450. The monoisotopic (exact) mass is 253 g/mol. The standard InChI is InChI=1S/C10H11N3O3S/c1-16-9(15)7-4-2-3-6(8(7)14)5-12-13-10(11)17/h2-5,14H,1H3,(H3,11,13,17)/b12-5-. The predicted molar refractivity (Wildman–Crippen MR) is 67.0 cm³/mol. The van der Waals surface area contributed by atoms with Crippen LogP contribution in [-0.4, -0.2) is 29.5 Å². The summed E-state index contributed by atoms with van der Waals surface area (Å²) < 4.78 is 4.51. The van der Waals surface area contributed by atoms with E-state index in [1.807, 2.05) is 0 Å². The smallest absolute Gasteiger partial charge is 0.341 e. The number of thiocarbonyl (C=S) groups is 1. The van der Waals surface area contributed by atoms with Gasteiger partial charge in [0.15, 0.2) is 5.11 Å². The number of methoxy groups -OCH3 is 1. The van der Waals surface area contributed by atoms with Gasteiger partial charge in [0.05, 0.1) is 13.3 Å². The summed E-state index contributed by atoms with van der Waals surface area (Å²) in [6, 6.07) is 4.61. The average Bonchev–Trinajstić information content (AvgIpc) is 2.30. The van der Waals surface area contributed by atoms with E-state index in [9.17, 15) is 9.90 Å².